The number of fused-ring (bicyclic) bond motifs is 1. The van der Waals surface area contributed by atoms with Gasteiger partial charge in [0, 0.05) is 18.2 Å². The van der Waals surface area contributed by atoms with E-state index in [9.17, 15) is 9.90 Å². The summed E-state index contributed by atoms with van der Waals surface area (Å²) in [5.74, 6) is 0.786. The normalized spacial score (nSPS) is 17.6. The van der Waals surface area contributed by atoms with E-state index in [4.69, 9.17) is 4.74 Å². The van der Waals surface area contributed by atoms with Crippen molar-refractivity contribution < 1.29 is 14.6 Å². The van der Waals surface area contributed by atoms with Gasteiger partial charge >= 0.3 is 5.97 Å². The number of imidazole rings is 1. The topological polar surface area (TPSA) is 64.4 Å². The third-order valence-electron chi connectivity index (χ3n) is 3.69. The first-order valence-electron chi connectivity index (χ1n) is 6.64. The molecule has 5 nitrogen and oxygen atoms in total. The minimum Gasteiger partial charge on any atom is -0.496 e. The predicted octanol–water partition coefficient (Wildman–Crippen LogP) is 2.52. The van der Waals surface area contributed by atoms with Gasteiger partial charge in [-0.15, -0.1) is 0 Å². The zero-order chi connectivity index (χ0) is 14.1. The van der Waals surface area contributed by atoms with Gasteiger partial charge in [0.25, 0.3) is 0 Å². The molecule has 0 saturated heterocycles. The van der Waals surface area contributed by atoms with Crippen LogP contribution in [0.15, 0.2) is 30.5 Å². The molecule has 0 amide bonds. The first kappa shape index (κ1) is 12.7. The van der Waals surface area contributed by atoms with Crippen LogP contribution in [0.4, 0.5) is 0 Å². The SMILES string of the molecule is COc1ccccc1-c1cn2c(n1)CCCC2C(=O)O. The van der Waals surface area contributed by atoms with E-state index in [2.05, 4.69) is 4.98 Å². The first-order chi connectivity index (χ1) is 9.70. The van der Waals surface area contributed by atoms with Crippen molar-refractivity contribution in [2.24, 2.45) is 0 Å². The highest BCUT2D eigenvalue weighted by Crippen LogP contribution is 2.32. The Morgan fingerprint density at radius 1 is 1.45 bits per heavy atom. The summed E-state index contributed by atoms with van der Waals surface area (Å²) in [6, 6.07) is 7.13. The Bertz CT molecular complexity index is 648. The largest absolute Gasteiger partial charge is 0.496 e. The van der Waals surface area contributed by atoms with Crippen LogP contribution in [0.3, 0.4) is 0 Å². The Morgan fingerprint density at radius 2 is 2.25 bits per heavy atom. The number of rotatable bonds is 3. The summed E-state index contributed by atoms with van der Waals surface area (Å²) in [7, 11) is 1.62. The van der Waals surface area contributed by atoms with Crippen LogP contribution in [0.1, 0.15) is 24.7 Å². The van der Waals surface area contributed by atoms with Gasteiger partial charge in [-0.25, -0.2) is 9.78 Å². The zero-order valence-corrected chi connectivity index (χ0v) is 11.2. The molecule has 1 aliphatic rings. The van der Waals surface area contributed by atoms with Crippen molar-refractivity contribution in [2.45, 2.75) is 25.3 Å². The molecule has 104 valence electrons. The molecule has 1 unspecified atom stereocenters. The highest BCUT2D eigenvalue weighted by atomic mass is 16.5. The monoisotopic (exact) mass is 272 g/mol. The first-order valence-corrected chi connectivity index (χ1v) is 6.64. The molecule has 0 spiro atoms. The molecular formula is C15H16N2O3. The molecule has 20 heavy (non-hydrogen) atoms. The number of para-hydroxylation sites is 1. The second kappa shape index (κ2) is 5.00. The molecular weight excluding hydrogens is 256 g/mol. The smallest absolute Gasteiger partial charge is 0.326 e. The van der Waals surface area contributed by atoms with Crippen LogP contribution < -0.4 is 4.74 Å². The van der Waals surface area contributed by atoms with Crippen LogP contribution in [0, 0.1) is 0 Å². The number of hydrogen-bond donors (Lipinski definition) is 1. The van der Waals surface area contributed by atoms with Crippen LogP contribution in [-0.4, -0.2) is 27.7 Å². The van der Waals surface area contributed by atoms with Crippen molar-refractivity contribution in [2.75, 3.05) is 7.11 Å². The standard InChI is InChI=1S/C15H16N2O3/c1-20-13-7-3-2-5-10(13)11-9-17-12(15(18)19)6-4-8-14(17)16-11/h2-3,5,7,9,12H,4,6,8H2,1H3,(H,18,19). The number of nitrogens with zero attached hydrogens (tertiary/aromatic N) is 2. The lowest BCUT2D eigenvalue weighted by Crippen LogP contribution is -2.24. The number of benzene rings is 1. The molecule has 0 radical (unpaired) electrons. The molecule has 1 atom stereocenters. The molecule has 2 heterocycles. The Hall–Kier alpha value is -2.30. The Morgan fingerprint density at radius 3 is 3.00 bits per heavy atom. The van der Waals surface area contributed by atoms with E-state index in [1.165, 1.54) is 0 Å². The number of carbonyl (C=O) groups is 1. The molecule has 1 aromatic heterocycles. The summed E-state index contributed by atoms with van der Waals surface area (Å²) in [6.07, 6.45) is 4.16. The fourth-order valence-corrected chi connectivity index (χ4v) is 2.71. The van der Waals surface area contributed by atoms with Crippen LogP contribution in [0.2, 0.25) is 0 Å². The highest BCUT2D eigenvalue weighted by molar-refractivity contribution is 5.73. The predicted molar refractivity (Wildman–Crippen MR) is 73.8 cm³/mol. The molecule has 0 saturated carbocycles. The number of aromatic nitrogens is 2. The molecule has 5 heteroatoms. The number of carboxylic acid groups (broad SMARTS) is 1. The average molecular weight is 272 g/mol. The molecule has 3 rings (SSSR count). The van der Waals surface area contributed by atoms with Crippen molar-refractivity contribution in [3.63, 3.8) is 0 Å². The van der Waals surface area contributed by atoms with E-state index in [0.717, 1.165) is 35.7 Å². The summed E-state index contributed by atoms with van der Waals surface area (Å²) >= 11 is 0. The van der Waals surface area contributed by atoms with E-state index >= 15 is 0 Å². The van der Waals surface area contributed by atoms with Crippen molar-refractivity contribution in [3.8, 4) is 17.0 Å². The van der Waals surface area contributed by atoms with Gasteiger partial charge in [0.1, 0.15) is 17.6 Å². The zero-order valence-electron chi connectivity index (χ0n) is 11.2. The molecule has 1 aromatic carbocycles. The minimum absolute atomic E-state index is 0.505. The second-order valence-electron chi connectivity index (χ2n) is 4.90. The van der Waals surface area contributed by atoms with Gasteiger partial charge in [0.05, 0.1) is 12.8 Å². The molecule has 0 bridgehead atoms. The summed E-state index contributed by atoms with van der Waals surface area (Å²) in [5, 5.41) is 9.29. The Balaban J connectivity index is 2.07. The third-order valence-corrected chi connectivity index (χ3v) is 3.69. The lowest BCUT2D eigenvalue weighted by atomic mass is 10.1. The van der Waals surface area contributed by atoms with E-state index in [1.807, 2.05) is 30.5 Å². The van der Waals surface area contributed by atoms with Crippen molar-refractivity contribution in [1.82, 2.24) is 9.55 Å². The second-order valence-corrected chi connectivity index (χ2v) is 4.90. The van der Waals surface area contributed by atoms with Crippen molar-refractivity contribution in [1.29, 1.82) is 0 Å². The fraction of sp³-hybridized carbons (Fsp3) is 0.333. The van der Waals surface area contributed by atoms with E-state index in [1.54, 1.807) is 11.7 Å². The molecule has 2 aromatic rings. The van der Waals surface area contributed by atoms with E-state index in [-0.39, 0.29) is 0 Å². The maximum absolute atomic E-state index is 11.3. The van der Waals surface area contributed by atoms with Crippen LogP contribution >= 0.6 is 0 Å². The van der Waals surface area contributed by atoms with Gasteiger partial charge in [0.15, 0.2) is 0 Å². The number of carboxylic acids is 1. The lowest BCUT2D eigenvalue weighted by molar-refractivity contribution is -0.141. The maximum Gasteiger partial charge on any atom is 0.326 e. The van der Waals surface area contributed by atoms with E-state index in [0.29, 0.717) is 6.42 Å². The van der Waals surface area contributed by atoms with Gasteiger partial charge < -0.3 is 14.4 Å². The summed E-state index contributed by atoms with van der Waals surface area (Å²) in [5.41, 5.74) is 1.66. The highest BCUT2D eigenvalue weighted by Gasteiger charge is 2.27. The van der Waals surface area contributed by atoms with Gasteiger partial charge in [-0.3, -0.25) is 0 Å². The van der Waals surface area contributed by atoms with E-state index < -0.39 is 12.0 Å². The number of aryl methyl sites for hydroxylation is 1. The number of methoxy groups -OCH3 is 1. The number of aliphatic carboxylic acids is 1. The summed E-state index contributed by atoms with van der Waals surface area (Å²) in [6.45, 7) is 0. The molecule has 0 aliphatic carbocycles. The Kier molecular flexibility index (Phi) is 3.18. The quantitative estimate of drug-likeness (QED) is 0.932. The number of ether oxygens (including phenoxy) is 1. The van der Waals surface area contributed by atoms with Gasteiger partial charge in [-0.1, -0.05) is 12.1 Å². The van der Waals surface area contributed by atoms with Crippen LogP contribution in [0.5, 0.6) is 5.75 Å². The molecule has 0 fully saturated rings. The Labute approximate surface area is 116 Å². The molecule has 1 aliphatic heterocycles. The summed E-state index contributed by atoms with van der Waals surface area (Å²) < 4.78 is 7.13. The van der Waals surface area contributed by atoms with Crippen molar-refractivity contribution >= 4 is 5.97 Å². The summed E-state index contributed by atoms with van der Waals surface area (Å²) in [4.78, 5) is 15.9. The number of hydrogen-bond acceptors (Lipinski definition) is 3. The van der Waals surface area contributed by atoms with Gasteiger partial charge in [0.2, 0.25) is 0 Å². The molecule has 1 N–H and O–H groups in total. The van der Waals surface area contributed by atoms with Crippen molar-refractivity contribution in [3.05, 3.63) is 36.3 Å². The average Bonchev–Trinajstić information content (AvgIpc) is 2.90. The fourth-order valence-electron chi connectivity index (χ4n) is 2.71. The third kappa shape index (κ3) is 2.05. The van der Waals surface area contributed by atoms with Crippen LogP contribution in [0.25, 0.3) is 11.3 Å². The lowest BCUT2D eigenvalue weighted by Gasteiger charge is -2.20. The van der Waals surface area contributed by atoms with Gasteiger partial charge in [-0.05, 0) is 25.0 Å². The van der Waals surface area contributed by atoms with Crippen LogP contribution in [-0.2, 0) is 11.2 Å². The minimum atomic E-state index is -0.796. The maximum atomic E-state index is 11.3. The van der Waals surface area contributed by atoms with Gasteiger partial charge in [-0.2, -0.15) is 0 Å².